The van der Waals surface area contributed by atoms with E-state index in [1.54, 1.807) is 45.0 Å². The van der Waals surface area contributed by atoms with Crippen LogP contribution >= 0.6 is 0 Å². The number of aliphatic carboxylic acids is 1. The van der Waals surface area contributed by atoms with E-state index < -0.39 is 26.7 Å². The normalized spacial score (nSPS) is 13.9. The fraction of sp³-hybridized carbons (Fsp3) is 0.562. The van der Waals surface area contributed by atoms with Gasteiger partial charge in [-0.3, -0.25) is 9.52 Å². The zero-order valence-corrected chi connectivity index (χ0v) is 14.6. The molecular formula is C16H25NO4S. The summed E-state index contributed by atoms with van der Waals surface area (Å²) in [5, 5.41) is 8.71. The van der Waals surface area contributed by atoms with Gasteiger partial charge in [-0.05, 0) is 50.8 Å². The van der Waals surface area contributed by atoms with Crippen molar-refractivity contribution in [1.29, 1.82) is 0 Å². The van der Waals surface area contributed by atoms with Crippen LogP contribution < -0.4 is 4.72 Å². The standard InChI is InChI=1S/C16H25NO4S/c1-11(2)10-12(3)22(20,21)17-14-8-6-13(7-9-14)16(4,5)15(18)19/h6-9,11-12,17H,10H2,1-5H3,(H,18,19). The van der Waals surface area contributed by atoms with E-state index in [1.807, 2.05) is 13.8 Å². The fourth-order valence-corrected chi connectivity index (χ4v) is 3.44. The molecule has 6 heteroatoms. The van der Waals surface area contributed by atoms with Crippen molar-refractivity contribution in [2.45, 2.75) is 51.7 Å². The van der Waals surface area contributed by atoms with Crippen LogP contribution in [0, 0.1) is 5.92 Å². The molecule has 0 saturated heterocycles. The molecule has 1 unspecified atom stereocenters. The van der Waals surface area contributed by atoms with Crippen LogP contribution in [-0.2, 0) is 20.2 Å². The summed E-state index contributed by atoms with van der Waals surface area (Å²) in [6.45, 7) is 8.87. The third kappa shape index (κ3) is 4.47. The molecule has 0 aliphatic rings. The van der Waals surface area contributed by atoms with Gasteiger partial charge >= 0.3 is 5.97 Å². The van der Waals surface area contributed by atoms with Gasteiger partial charge < -0.3 is 5.11 Å². The van der Waals surface area contributed by atoms with Crippen molar-refractivity contribution in [3.63, 3.8) is 0 Å². The highest BCUT2D eigenvalue weighted by molar-refractivity contribution is 7.93. The molecule has 0 aliphatic carbocycles. The lowest BCUT2D eigenvalue weighted by molar-refractivity contribution is -0.142. The molecule has 1 aromatic carbocycles. The Kier molecular flexibility index (Phi) is 5.62. The Morgan fingerprint density at radius 2 is 1.68 bits per heavy atom. The van der Waals surface area contributed by atoms with E-state index in [9.17, 15) is 18.3 Å². The number of nitrogens with one attached hydrogen (secondary N) is 1. The quantitative estimate of drug-likeness (QED) is 0.805. The van der Waals surface area contributed by atoms with Gasteiger partial charge in [0.25, 0.3) is 0 Å². The van der Waals surface area contributed by atoms with Crippen molar-refractivity contribution in [3.05, 3.63) is 29.8 Å². The summed E-state index contributed by atoms with van der Waals surface area (Å²) in [7, 11) is -3.44. The van der Waals surface area contributed by atoms with Crippen LogP contribution in [0.5, 0.6) is 0 Å². The van der Waals surface area contributed by atoms with Crippen LogP contribution in [0.1, 0.15) is 46.6 Å². The predicted molar refractivity (Wildman–Crippen MR) is 88.6 cm³/mol. The summed E-state index contributed by atoms with van der Waals surface area (Å²) in [6, 6.07) is 6.47. The molecule has 2 N–H and O–H groups in total. The minimum Gasteiger partial charge on any atom is -0.481 e. The summed E-state index contributed by atoms with van der Waals surface area (Å²) in [6.07, 6.45) is 0.583. The lowest BCUT2D eigenvalue weighted by atomic mass is 9.85. The maximum absolute atomic E-state index is 12.2. The lowest BCUT2D eigenvalue weighted by Gasteiger charge is -2.20. The number of carboxylic acids is 1. The first-order chi connectivity index (χ1) is 9.96. The summed E-state index contributed by atoms with van der Waals surface area (Å²) < 4.78 is 27.0. The number of carbonyl (C=O) groups is 1. The SMILES string of the molecule is CC(C)CC(C)S(=O)(=O)Nc1ccc(C(C)(C)C(=O)O)cc1. The second kappa shape index (κ2) is 6.69. The van der Waals surface area contributed by atoms with Gasteiger partial charge in [-0.15, -0.1) is 0 Å². The number of anilines is 1. The summed E-state index contributed by atoms with van der Waals surface area (Å²) >= 11 is 0. The molecule has 124 valence electrons. The second-order valence-corrected chi connectivity index (χ2v) is 8.69. The van der Waals surface area contributed by atoms with Gasteiger partial charge in [-0.1, -0.05) is 26.0 Å². The maximum Gasteiger partial charge on any atom is 0.313 e. The Bertz CT molecular complexity index is 618. The highest BCUT2D eigenvalue weighted by atomic mass is 32.2. The summed E-state index contributed by atoms with van der Waals surface area (Å²) in [4.78, 5) is 11.2. The summed E-state index contributed by atoms with van der Waals surface area (Å²) in [5.41, 5.74) is 0.0567. The van der Waals surface area contributed by atoms with Crippen LogP contribution in [0.3, 0.4) is 0 Å². The lowest BCUT2D eigenvalue weighted by Crippen LogP contribution is -2.28. The predicted octanol–water partition coefficient (Wildman–Crippen LogP) is 3.23. The van der Waals surface area contributed by atoms with Gasteiger partial charge in [0.15, 0.2) is 0 Å². The van der Waals surface area contributed by atoms with Gasteiger partial charge in [0.1, 0.15) is 0 Å². The number of hydrogen-bond donors (Lipinski definition) is 2. The van der Waals surface area contributed by atoms with E-state index in [4.69, 9.17) is 0 Å². The highest BCUT2D eigenvalue weighted by Gasteiger charge is 2.29. The maximum atomic E-state index is 12.2. The van der Waals surface area contributed by atoms with Gasteiger partial charge in [0.2, 0.25) is 10.0 Å². The van der Waals surface area contributed by atoms with Crippen LogP contribution in [0.2, 0.25) is 0 Å². The van der Waals surface area contributed by atoms with Crippen LogP contribution in [-0.4, -0.2) is 24.7 Å². The Morgan fingerprint density at radius 3 is 2.09 bits per heavy atom. The molecule has 1 atom stereocenters. The van der Waals surface area contributed by atoms with Crippen molar-refractivity contribution in [1.82, 2.24) is 0 Å². The number of hydrogen-bond acceptors (Lipinski definition) is 3. The van der Waals surface area contributed by atoms with E-state index >= 15 is 0 Å². The largest absolute Gasteiger partial charge is 0.481 e. The van der Waals surface area contributed by atoms with Crippen LogP contribution in [0.4, 0.5) is 5.69 Å². The number of sulfonamides is 1. The molecule has 5 nitrogen and oxygen atoms in total. The fourth-order valence-electron chi connectivity index (χ4n) is 2.13. The zero-order chi connectivity index (χ0) is 17.1. The third-order valence-corrected chi connectivity index (χ3v) is 5.51. The van der Waals surface area contributed by atoms with Crippen molar-refractivity contribution in [2.24, 2.45) is 5.92 Å². The Hall–Kier alpha value is -1.56. The number of carboxylic acid groups (broad SMARTS) is 1. The molecular weight excluding hydrogens is 302 g/mol. The molecule has 0 fully saturated rings. The van der Waals surface area contributed by atoms with Crippen molar-refractivity contribution >= 4 is 21.7 Å². The Labute approximate surface area is 132 Å². The van der Waals surface area contributed by atoms with E-state index in [0.717, 1.165) is 0 Å². The van der Waals surface area contributed by atoms with Gasteiger partial charge in [-0.25, -0.2) is 8.42 Å². The van der Waals surface area contributed by atoms with Crippen molar-refractivity contribution in [2.75, 3.05) is 4.72 Å². The van der Waals surface area contributed by atoms with E-state index in [0.29, 0.717) is 23.6 Å². The first kappa shape index (κ1) is 18.5. The average molecular weight is 327 g/mol. The molecule has 0 saturated carbocycles. The molecule has 0 radical (unpaired) electrons. The smallest absolute Gasteiger partial charge is 0.313 e. The van der Waals surface area contributed by atoms with E-state index in [1.165, 1.54) is 0 Å². The average Bonchev–Trinajstić information content (AvgIpc) is 2.37. The van der Waals surface area contributed by atoms with Gasteiger partial charge in [0, 0.05) is 5.69 Å². The van der Waals surface area contributed by atoms with Gasteiger partial charge in [0.05, 0.1) is 10.7 Å². The van der Waals surface area contributed by atoms with Crippen LogP contribution in [0.25, 0.3) is 0 Å². The van der Waals surface area contributed by atoms with Gasteiger partial charge in [-0.2, -0.15) is 0 Å². The molecule has 0 spiro atoms. The molecule has 1 rings (SSSR count). The topological polar surface area (TPSA) is 83.5 Å². The Balaban J connectivity index is 2.91. The Morgan fingerprint density at radius 1 is 1.18 bits per heavy atom. The van der Waals surface area contributed by atoms with E-state index in [2.05, 4.69) is 4.72 Å². The first-order valence-corrected chi connectivity index (χ1v) is 8.87. The minimum atomic E-state index is -3.44. The molecule has 0 aliphatic heterocycles. The zero-order valence-electron chi connectivity index (χ0n) is 13.8. The summed E-state index contributed by atoms with van der Waals surface area (Å²) in [5.74, 6) is -0.628. The third-order valence-electron chi connectivity index (χ3n) is 3.73. The molecule has 0 bridgehead atoms. The highest BCUT2D eigenvalue weighted by Crippen LogP contribution is 2.25. The monoisotopic (exact) mass is 327 g/mol. The number of rotatable bonds is 7. The van der Waals surface area contributed by atoms with Crippen molar-refractivity contribution < 1.29 is 18.3 Å². The first-order valence-electron chi connectivity index (χ1n) is 7.32. The molecule has 0 heterocycles. The molecule has 0 aromatic heterocycles. The molecule has 0 amide bonds. The van der Waals surface area contributed by atoms with E-state index in [-0.39, 0.29) is 0 Å². The second-order valence-electron chi connectivity index (χ2n) is 6.59. The van der Waals surface area contributed by atoms with Crippen LogP contribution in [0.15, 0.2) is 24.3 Å². The van der Waals surface area contributed by atoms with Crippen molar-refractivity contribution in [3.8, 4) is 0 Å². The molecule has 22 heavy (non-hydrogen) atoms. The minimum absolute atomic E-state index is 0.297. The number of benzene rings is 1. The molecule has 1 aromatic rings.